The molecule has 0 atom stereocenters. The predicted octanol–water partition coefficient (Wildman–Crippen LogP) is 3.24. The van der Waals surface area contributed by atoms with Crippen molar-refractivity contribution in [3.63, 3.8) is 0 Å². The van der Waals surface area contributed by atoms with Gasteiger partial charge in [0.25, 0.3) is 0 Å². The molecule has 1 aliphatic rings. The van der Waals surface area contributed by atoms with E-state index < -0.39 is 12.1 Å². The smallest absolute Gasteiger partial charge is 0.475 e. The molecule has 1 heterocycles. The maximum Gasteiger partial charge on any atom is 0.490 e. The van der Waals surface area contributed by atoms with Crippen LogP contribution in [0.3, 0.4) is 0 Å². The molecule has 0 spiro atoms. The van der Waals surface area contributed by atoms with Gasteiger partial charge >= 0.3 is 12.1 Å². The zero-order valence-corrected chi connectivity index (χ0v) is 11.1. The number of carboxylic acid groups (broad SMARTS) is 1. The van der Waals surface area contributed by atoms with Crippen LogP contribution in [0.5, 0.6) is 0 Å². The van der Waals surface area contributed by atoms with Gasteiger partial charge in [-0.05, 0) is 48.6 Å². The molecule has 1 saturated carbocycles. The van der Waals surface area contributed by atoms with Crippen LogP contribution in [-0.4, -0.2) is 28.0 Å². The van der Waals surface area contributed by atoms with Crippen molar-refractivity contribution in [2.24, 2.45) is 0 Å². The van der Waals surface area contributed by atoms with Gasteiger partial charge in [0.2, 0.25) is 0 Å². The highest BCUT2D eigenvalue weighted by molar-refractivity contribution is 6.00. The number of carbonyl (C=O) groups is 2. The number of carbonyl (C=O) groups excluding carboxylic acids is 1. The first kappa shape index (κ1) is 16.9. The van der Waals surface area contributed by atoms with Crippen molar-refractivity contribution in [3.8, 4) is 0 Å². The van der Waals surface area contributed by atoms with Crippen LogP contribution >= 0.6 is 0 Å². The van der Waals surface area contributed by atoms with Crippen LogP contribution in [0.1, 0.15) is 31.2 Å². The quantitative estimate of drug-likeness (QED) is 0.809. The minimum atomic E-state index is -5.08. The zero-order valence-electron chi connectivity index (χ0n) is 11.1. The maximum atomic E-state index is 11.5. The summed E-state index contributed by atoms with van der Waals surface area (Å²) in [5.41, 5.74) is 2.05. The van der Waals surface area contributed by atoms with Crippen molar-refractivity contribution >= 4 is 17.8 Å². The van der Waals surface area contributed by atoms with Gasteiger partial charge in [0.05, 0.1) is 0 Å². The van der Waals surface area contributed by atoms with E-state index in [1.54, 1.807) is 12.4 Å². The molecule has 0 unspecified atom stereocenters. The lowest BCUT2D eigenvalue weighted by Crippen LogP contribution is -2.21. The Morgan fingerprint density at radius 2 is 1.71 bits per heavy atom. The molecule has 0 saturated heterocycles. The molecule has 7 heteroatoms. The molecular weight excluding hydrogens is 287 g/mol. The molecule has 1 fully saturated rings. The first-order chi connectivity index (χ1) is 9.80. The summed E-state index contributed by atoms with van der Waals surface area (Å²) in [6.07, 6.45) is 4.25. The lowest BCUT2D eigenvalue weighted by Gasteiger charge is -2.12. The average Bonchev–Trinajstić information content (AvgIpc) is 2.42. The third kappa shape index (κ3) is 6.20. The maximum absolute atomic E-state index is 11.5. The van der Waals surface area contributed by atoms with Crippen molar-refractivity contribution in [1.29, 1.82) is 0 Å². The molecule has 1 aromatic rings. The summed E-state index contributed by atoms with van der Waals surface area (Å²) in [6.45, 7) is 0. The normalized spacial score (nSPS) is 17.1. The second-order valence-electron chi connectivity index (χ2n) is 4.38. The molecule has 1 N–H and O–H groups in total. The van der Waals surface area contributed by atoms with Gasteiger partial charge in [0.15, 0.2) is 5.78 Å². The number of ketones is 1. The lowest BCUT2D eigenvalue weighted by molar-refractivity contribution is -0.192. The molecule has 1 aliphatic carbocycles. The fourth-order valence-electron chi connectivity index (χ4n) is 1.71. The molecule has 1 aromatic heterocycles. The van der Waals surface area contributed by atoms with Crippen molar-refractivity contribution < 1.29 is 27.9 Å². The third-order valence-corrected chi connectivity index (χ3v) is 2.75. The van der Waals surface area contributed by atoms with Crippen molar-refractivity contribution in [3.05, 3.63) is 35.7 Å². The number of hydrogen-bond acceptors (Lipinski definition) is 3. The highest BCUT2D eigenvalue weighted by Crippen LogP contribution is 2.21. The van der Waals surface area contributed by atoms with Crippen LogP contribution in [0.2, 0.25) is 0 Å². The number of allylic oxidation sites excluding steroid dienone is 1. The number of rotatable bonds is 1. The molecule has 0 aliphatic heterocycles. The largest absolute Gasteiger partial charge is 0.490 e. The Morgan fingerprint density at radius 3 is 2.19 bits per heavy atom. The Kier molecular flexibility index (Phi) is 6.08. The van der Waals surface area contributed by atoms with Crippen LogP contribution in [0.4, 0.5) is 13.2 Å². The predicted molar refractivity (Wildman–Crippen MR) is 69.4 cm³/mol. The fraction of sp³-hybridized carbons (Fsp3) is 0.357. The molecule has 4 nitrogen and oxygen atoms in total. The van der Waals surface area contributed by atoms with Crippen molar-refractivity contribution in [2.75, 3.05) is 0 Å². The van der Waals surface area contributed by atoms with Crippen molar-refractivity contribution in [1.82, 2.24) is 4.98 Å². The summed E-state index contributed by atoms with van der Waals surface area (Å²) in [5.74, 6) is -2.44. The van der Waals surface area contributed by atoms with Crippen LogP contribution in [0, 0.1) is 0 Å². The lowest BCUT2D eigenvalue weighted by atomic mass is 9.92. The Labute approximate surface area is 119 Å². The first-order valence-corrected chi connectivity index (χ1v) is 6.24. The summed E-state index contributed by atoms with van der Waals surface area (Å²) in [7, 11) is 0. The van der Waals surface area contributed by atoms with Gasteiger partial charge in [-0.1, -0.05) is 0 Å². The van der Waals surface area contributed by atoms with E-state index in [4.69, 9.17) is 9.90 Å². The molecular formula is C14H14F3NO3. The highest BCUT2D eigenvalue weighted by Gasteiger charge is 2.38. The summed E-state index contributed by atoms with van der Waals surface area (Å²) in [6, 6.07) is 3.85. The minimum Gasteiger partial charge on any atom is -0.475 e. The van der Waals surface area contributed by atoms with Crippen LogP contribution in [0.15, 0.2) is 30.1 Å². The van der Waals surface area contributed by atoms with Crippen LogP contribution < -0.4 is 0 Å². The third-order valence-electron chi connectivity index (χ3n) is 2.75. The molecule has 2 rings (SSSR count). The van der Waals surface area contributed by atoms with E-state index in [1.165, 1.54) is 0 Å². The van der Waals surface area contributed by atoms with Crippen LogP contribution in [-0.2, 0) is 9.59 Å². The topological polar surface area (TPSA) is 67.3 Å². The zero-order chi connectivity index (χ0) is 15.9. The number of aliphatic carboxylic acids is 1. The average molecular weight is 301 g/mol. The monoisotopic (exact) mass is 301 g/mol. The molecule has 21 heavy (non-hydrogen) atoms. The number of hydrogen-bond donors (Lipinski definition) is 1. The Balaban J connectivity index is 0.000000270. The standard InChI is InChI=1S/C12H13NO.C2HF3O2/c14-12-4-2-1-3-11(12)9-10-5-7-13-8-6-10;3-2(4,5)1(6)7/h5-9H,1-4H2;(H,6,7). The summed E-state index contributed by atoms with van der Waals surface area (Å²) in [4.78, 5) is 24.4. The van der Waals surface area contributed by atoms with E-state index >= 15 is 0 Å². The van der Waals surface area contributed by atoms with Crippen molar-refractivity contribution in [2.45, 2.75) is 31.9 Å². The SMILES string of the molecule is O=C(O)C(F)(F)F.O=C1CCCCC1=Cc1ccncc1. The van der Waals surface area contributed by atoms with E-state index in [9.17, 15) is 18.0 Å². The van der Waals surface area contributed by atoms with E-state index in [-0.39, 0.29) is 0 Å². The molecule has 114 valence electrons. The van der Waals surface area contributed by atoms with Gasteiger partial charge in [-0.15, -0.1) is 0 Å². The molecule has 0 aromatic carbocycles. The second kappa shape index (κ2) is 7.56. The van der Waals surface area contributed by atoms with Gasteiger partial charge in [0.1, 0.15) is 0 Å². The van der Waals surface area contributed by atoms with E-state index in [1.807, 2.05) is 18.2 Å². The van der Waals surface area contributed by atoms with Gasteiger partial charge in [-0.3, -0.25) is 9.78 Å². The van der Waals surface area contributed by atoms with Gasteiger partial charge in [-0.2, -0.15) is 13.2 Å². The molecule has 0 amide bonds. The number of nitrogens with zero attached hydrogens (tertiary/aromatic N) is 1. The Morgan fingerprint density at radius 1 is 1.19 bits per heavy atom. The molecule has 0 bridgehead atoms. The number of aromatic nitrogens is 1. The number of Topliss-reactive ketones (excluding diaryl/α,β-unsaturated/α-hetero) is 1. The summed E-state index contributed by atoms with van der Waals surface area (Å²) in [5, 5.41) is 7.12. The summed E-state index contributed by atoms with van der Waals surface area (Å²) < 4.78 is 31.7. The Bertz CT molecular complexity index is 524. The van der Waals surface area contributed by atoms with E-state index in [2.05, 4.69) is 4.98 Å². The number of halogens is 3. The number of pyridine rings is 1. The Hall–Kier alpha value is -2.18. The van der Waals surface area contributed by atoms with E-state index in [0.717, 1.165) is 36.8 Å². The van der Waals surface area contributed by atoms with Gasteiger partial charge in [-0.25, -0.2) is 4.79 Å². The van der Waals surface area contributed by atoms with E-state index in [0.29, 0.717) is 5.78 Å². The fourth-order valence-corrected chi connectivity index (χ4v) is 1.71. The summed E-state index contributed by atoms with van der Waals surface area (Å²) >= 11 is 0. The van der Waals surface area contributed by atoms with Gasteiger partial charge in [0, 0.05) is 18.8 Å². The first-order valence-electron chi connectivity index (χ1n) is 6.24. The molecule has 0 radical (unpaired) electrons. The highest BCUT2D eigenvalue weighted by atomic mass is 19.4. The number of alkyl halides is 3. The number of carboxylic acids is 1. The van der Waals surface area contributed by atoms with Crippen LogP contribution in [0.25, 0.3) is 6.08 Å². The van der Waals surface area contributed by atoms with Gasteiger partial charge < -0.3 is 5.11 Å². The second-order valence-corrected chi connectivity index (χ2v) is 4.38. The minimum absolute atomic E-state index is 0.313.